The van der Waals surface area contributed by atoms with Crippen molar-refractivity contribution in [1.29, 1.82) is 5.41 Å². The van der Waals surface area contributed by atoms with Crippen LogP contribution in [0.3, 0.4) is 0 Å². The van der Waals surface area contributed by atoms with Crippen LogP contribution in [0.15, 0.2) is 12.1 Å². The summed E-state index contributed by atoms with van der Waals surface area (Å²) in [6.07, 6.45) is 0.406. The van der Waals surface area contributed by atoms with Gasteiger partial charge in [0, 0.05) is 36.5 Å². The van der Waals surface area contributed by atoms with Gasteiger partial charge in [-0.2, -0.15) is 0 Å². The van der Waals surface area contributed by atoms with Crippen molar-refractivity contribution in [3.63, 3.8) is 0 Å². The number of nitrogens with one attached hydrogen (secondary N) is 1. The van der Waals surface area contributed by atoms with E-state index in [4.69, 9.17) is 11.1 Å². The zero-order valence-electron chi connectivity index (χ0n) is 10.2. The Morgan fingerprint density at radius 3 is 2.71 bits per heavy atom. The first-order valence-electron chi connectivity index (χ1n) is 5.76. The second kappa shape index (κ2) is 4.45. The van der Waals surface area contributed by atoms with Gasteiger partial charge in [0.05, 0.1) is 0 Å². The topological polar surface area (TPSA) is 53.1 Å². The number of hydrogen-bond donors (Lipinski definition) is 2. The maximum absolute atomic E-state index is 13.9. The van der Waals surface area contributed by atoms with Crippen LogP contribution in [0.4, 0.5) is 10.1 Å². The fourth-order valence-corrected chi connectivity index (χ4v) is 2.53. The first-order valence-corrected chi connectivity index (χ1v) is 5.76. The smallest absolute Gasteiger partial charge is 0.121 e. The number of benzene rings is 1. The molecule has 92 valence electrons. The molecule has 3 nitrogen and oxygen atoms in total. The highest BCUT2D eigenvalue weighted by Gasteiger charge is 2.33. The Morgan fingerprint density at radius 2 is 2.18 bits per heavy atom. The average molecular weight is 235 g/mol. The predicted octanol–water partition coefficient (Wildman–Crippen LogP) is 1.94. The molecule has 0 radical (unpaired) electrons. The second-order valence-corrected chi connectivity index (χ2v) is 4.83. The average Bonchev–Trinajstić information content (AvgIpc) is 2.60. The van der Waals surface area contributed by atoms with Crippen molar-refractivity contribution >= 4 is 11.9 Å². The zero-order valence-corrected chi connectivity index (χ0v) is 10.2. The number of hydrogen-bond acceptors (Lipinski definition) is 3. The van der Waals surface area contributed by atoms with Crippen molar-refractivity contribution in [2.45, 2.75) is 19.0 Å². The van der Waals surface area contributed by atoms with Gasteiger partial charge in [0.1, 0.15) is 6.17 Å². The number of likely N-dealkylation sites (tertiary alicyclic amines) is 1. The first-order chi connectivity index (χ1) is 8.02. The van der Waals surface area contributed by atoms with Gasteiger partial charge in [0.15, 0.2) is 0 Å². The Kier molecular flexibility index (Phi) is 3.15. The SMILES string of the molecule is Cc1cc(C=N)c(N)cc1C1CN(C)CC1F. The van der Waals surface area contributed by atoms with Gasteiger partial charge in [-0.25, -0.2) is 4.39 Å². The minimum atomic E-state index is -0.830. The fraction of sp³-hybridized carbons (Fsp3) is 0.462. The molecule has 0 saturated carbocycles. The molecule has 3 N–H and O–H groups in total. The van der Waals surface area contributed by atoms with E-state index in [0.717, 1.165) is 17.7 Å². The molecule has 1 aliphatic heterocycles. The molecular weight excluding hydrogens is 217 g/mol. The van der Waals surface area contributed by atoms with Crippen LogP contribution in [0.2, 0.25) is 0 Å². The molecule has 2 rings (SSSR count). The number of likely N-dealkylation sites (N-methyl/N-ethyl adjacent to an activating group) is 1. The van der Waals surface area contributed by atoms with Crippen molar-refractivity contribution in [2.75, 3.05) is 25.9 Å². The summed E-state index contributed by atoms with van der Waals surface area (Å²) in [6.45, 7) is 3.16. The van der Waals surface area contributed by atoms with Crippen molar-refractivity contribution in [1.82, 2.24) is 4.90 Å². The molecule has 1 saturated heterocycles. The lowest BCUT2D eigenvalue weighted by Crippen LogP contribution is -2.14. The third-order valence-corrected chi connectivity index (χ3v) is 3.46. The van der Waals surface area contributed by atoms with Crippen LogP contribution in [-0.4, -0.2) is 37.4 Å². The maximum Gasteiger partial charge on any atom is 0.121 e. The molecule has 2 atom stereocenters. The molecule has 1 aromatic rings. The quantitative estimate of drug-likeness (QED) is 0.608. The van der Waals surface area contributed by atoms with E-state index in [1.807, 2.05) is 31.0 Å². The highest BCUT2D eigenvalue weighted by Crippen LogP contribution is 2.33. The van der Waals surface area contributed by atoms with Gasteiger partial charge in [-0.3, -0.25) is 0 Å². The number of nitrogens with two attached hydrogens (primary N) is 1. The van der Waals surface area contributed by atoms with E-state index >= 15 is 0 Å². The van der Waals surface area contributed by atoms with Crippen LogP contribution in [-0.2, 0) is 0 Å². The lowest BCUT2D eigenvalue weighted by atomic mass is 9.91. The molecule has 2 unspecified atom stereocenters. The minimum absolute atomic E-state index is 0.0953. The van der Waals surface area contributed by atoms with Crippen LogP contribution < -0.4 is 5.73 Å². The number of alkyl halides is 1. The number of nitrogen functional groups attached to an aromatic ring is 1. The van der Waals surface area contributed by atoms with E-state index in [1.54, 1.807) is 0 Å². The number of rotatable bonds is 2. The van der Waals surface area contributed by atoms with Crippen molar-refractivity contribution in [3.8, 4) is 0 Å². The van der Waals surface area contributed by atoms with Gasteiger partial charge in [-0.1, -0.05) is 0 Å². The van der Waals surface area contributed by atoms with Crippen molar-refractivity contribution < 1.29 is 4.39 Å². The Bertz CT molecular complexity index is 445. The predicted molar refractivity (Wildman–Crippen MR) is 68.6 cm³/mol. The molecule has 4 heteroatoms. The summed E-state index contributed by atoms with van der Waals surface area (Å²) >= 11 is 0. The summed E-state index contributed by atoms with van der Waals surface area (Å²) < 4.78 is 13.9. The summed E-state index contributed by atoms with van der Waals surface area (Å²) in [6, 6.07) is 3.69. The largest absolute Gasteiger partial charge is 0.398 e. The van der Waals surface area contributed by atoms with E-state index in [0.29, 0.717) is 17.8 Å². The van der Waals surface area contributed by atoms with Gasteiger partial charge in [-0.15, -0.1) is 0 Å². The highest BCUT2D eigenvalue weighted by molar-refractivity contribution is 5.85. The summed E-state index contributed by atoms with van der Waals surface area (Å²) in [5.74, 6) is -0.0953. The molecule has 0 aliphatic carbocycles. The molecule has 0 bridgehead atoms. The van der Waals surface area contributed by atoms with Gasteiger partial charge < -0.3 is 16.0 Å². The summed E-state index contributed by atoms with van der Waals surface area (Å²) in [5, 5.41) is 7.25. The summed E-state index contributed by atoms with van der Waals surface area (Å²) in [7, 11) is 1.93. The zero-order chi connectivity index (χ0) is 12.6. The molecule has 1 aliphatic rings. The van der Waals surface area contributed by atoms with E-state index in [1.165, 1.54) is 6.21 Å². The molecule has 17 heavy (non-hydrogen) atoms. The van der Waals surface area contributed by atoms with Crippen LogP contribution in [0.1, 0.15) is 22.6 Å². The standard InChI is InChI=1S/C13H18FN3/c1-8-3-9(5-15)13(16)4-10(8)11-6-17(2)7-12(11)14/h3-5,11-12,15H,6-7,16H2,1-2H3. The first kappa shape index (κ1) is 12.0. The van der Waals surface area contributed by atoms with E-state index in [9.17, 15) is 4.39 Å². The molecule has 1 fully saturated rings. The molecule has 1 aromatic carbocycles. The lowest BCUT2D eigenvalue weighted by molar-refractivity contribution is 0.309. The maximum atomic E-state index is 13.9. The van der Waals surface area contributed by atoms with Crippen LogP contribution in [0, 0.1) is 12.3 Å². The van der Waals surface area contributed by atoms with E-state index in [2.05, 4.69) is 0 Å². The third kappa shape index (κ3) is 2.17. The molecule has 0 aromatic heterocycles. The summed E-state index contributed by atoms with van der Waals surface area (Å²) in [4.78, 5) is 2.00. The van der Waals surface area contributed by atoms with Gasteiger partial charge in [-0.05, 0) is 37.2 Å². The fourth-order valence-electron chi connectivity index (χ4n) is 2.53. The molecular formula is C13H18FN3. The van der Waals surface area contributed by atoms with Crippen LogP contribution in [0.25, 0.3) is 0 Å². The molecule has 0 amide bonds. The molecule has 0 spiro atoms. The monoisotopic (exact) mass is 235 g/mol. The number of nitrogens with zero attached hydrogens (tertiary/aromatic N) is 1. The van der Waals surface area contributed by atoms with Gasteiger partial charge in [0.25, 0.3) is 0 Å². The minimum Gasteiger partial charge on any atom is -0.398 e. The number of halogens is 1. The van der Waals surface area contributed by atoms with E-state index in [-0.39, 0.29) is 5.92 Å². The Balaban J connectivity index is 2.39. The van der Waals surface area contributed by atoms with Crippen molar-refractivity contribution in [3.05, 3.63) is 28.8 Å². The number of aryl methyl sites for hydroxylation is 1. The Labute approximate surface area is 101 Å². The van der Waals surface area contributed by atoms with Crippen LogP contribution >= 0.6 is 0 Å². The van der Waals surface area contributed by atoms with Crippen molar-refractivity contribution in [2.24, 2.45) is 0 Å². The van der Waals surface area contributed by atoms with Gasteiger partial charge in [0.2, 0.25) is 0 Å². The second-order valence-electron chi connectivity index (χ2n) is 4.83. The lowest BCUT2D eigenvalue weighted by Gasteiger charge is -2.17. The highest BCUT2D eigenvalue weighted by atomic mass is 19.1. The molecule has 1 heterocycles. The Morgan fingerprint density at radius 1 is 1.47 bits per heavy atom. The Hall–Kier alpha value is -1.42. The normalized spacial score (nSPS) is 25.1. The number of anilines is 1. The summed E-state index contributed by atoms with van der Waals surface area (Å²) in [5.41, 5.74) is 9.11. The van der Waals surface area contributed by atoms with Crippen LogP contribution in [0.5, 0.6) is 0 Å². The van der Waals surface area contributed by atoms with E-state index < -0.39 is 6.17 Å². The third-order valence-electron chi connectivity index (χ3n) is 3.46. The van der Waals surface area contributed by atoms with Gasteiger partial charge >= 0.3 is 0 Å².